The van der Waals surface area contributed by atoms with Crippen LogP contribution in [0.5, 0.6) is 5.75 Å². The largest absolute Gasteiger partial charge is 0.494 e. The van der Waals surface area contributed by atoms with Crippen LogP contribution in [0, 0.1) is 17.3 Å². The molecule has 1 aliphatic heterocycles. The van der Waals surface area contributed by atoms with Crippen molar-refractivity contribution in [3.8, 4) is 5.75 Å². The Morgan fingerprint density at radius 2 is 1.86 bits per heavy atom. The molecule has 3 heterocycles. The molecule has 8 nitrogen and oxygen atoms in total. The number of alkyl halides is 3. The predicted molar refractivity (Wildman–Crippen MR) is 162 cm³/mol. The van der Waals surface area contributed by atoms with E-state index in [1.54, 1.807) is 12.1 Å². The number of hydrogen-bond donors (Lipinski definition) is 2. The van der Waals surface area contributed by atoms with Crippen molar-refractivity contribution >= 4 is 22.5 Å². The molecule has 1 saturated heterocycles. The lowest BCUT2D eigenvalue weighted by molar-refractivity contribution is -0.141. The van der Waals surface area contributed by atoms with E-state index < -0.39 is 17.8 Å². The van der Waals surface area contributed by atoms with E-state index in [-0.39, 0.29) is 5.69 Å². The molecule has 1 aromatic carbocycles. The highest BCUT2D eigenvalue weighted by Gasteiger charge is 2.45. The molecule has 0 atom stereocenters. The van der Waals surface area contributed by atoms with Gasteiger partial charge in [-0.25, -0.2) is 4.98 Å². The lowest BCUT2D eigenvalue weighted by Gasteiger charge is -2.53. The number of likely N-dealkylation sites (tertiary alicyclic amines) is 1. The highest BCUT2D eigenvalue weighted by atomic mass is 19.4. The fourth-order valence-electron chi connectivity index (χ4n) is 7.75. The van der Waals surface area contributed by atoms with Crippen molar-refractivity contribution in [3.05, 3.63) is 47.9 Å². The quantitative estimate of drug-likeness (QED) is 0.279. The number of carbonyl (C=O) groups excluding carboxylic acids is 1. The number of aromatic nitrogens is 3. The van der Waals surface area contributed by atoms with Gasteiger partial charge in [0, 0.05) is 30.8 Å². The van der Waals surface area contributed by atoms with Crippen LogP contribution >= 0.6 is 0 Å². The third kappa shape index (κ3) is 6.73. The molecule has 0 bridgehead atoms. The van der Waals surface area contributed by atoms with E-state index in [0.29, 0.717) is 35.4 Å². The maximum absolute atomic E-state index is 13.1. The van der Waals surface area contributed by atoms with Crippen LogP contribution in [-0.2, 0) is 6.18 Å². The Bertz CT molecular complexity index is 1450. The molecule has 3 aliphatic rings. The van der Waals surface area contributed by atoms with Crippen LogP contribution < -0.4 is 10.1 Å². The number of fused-ring (bicyclic) bond motifs is 1. The van der Waals surface area contributed by atoms with Crippen molar-refractivity contribution < 1.29 is 27.8 Å². The lowest BCUT2D eigenvalue weighted by atomic mass is 9.56. The number of amides is 1. The first-order valence-corrected chi connectivity index (χ1v) is 15.9. The van der Waals surface area contributed by atoms with E-state index in [9.17, 15) is 18.0 Å². The summed E-state index contributed by atoms with van der Waals surface area (Å²) in [6.07, 6.45) is 9.28. The molecule has 3 aromatic rings. The van der Waals surface area contributed by atoms with E-state index in [2.05, 4.69) is 15.2 Å². The normalized spacial score (nSPS) is 22.7. The Labute approximate surface area is 256 Å². The Kier molecular flexibility index (Phi) is 8.88. The van der Waals surface area contributed by atoms with Gasteiger partial charge in [-0.15, -0.1) is 0 Å². The first kappa shape index (κ1) is 30.8. The van der Waals surface area contributed by atoms with Gasteiger partial charge in [0.15, 0.2) is 0 Å². The number of pyridine rings is 1. The highest BCUT2D eigenvalue weighted by Crippen LogP contribution is 2.54. The van der Waals surface area contributed by atoms with Gasteiger partial charge in [0.05, 0.1) is 24.4 Å². The molecule has 0 radical (unpaired) electrons. The van der Waals surface area contributed by atoms with Crippen LogP contribution in [0.3, 0.4) is 0 Å². The second kappa shape index (κ2) is 12.7. The minimum Gasteiger partial charge on any atom is -0.494 e. The van der Waals surface area contributed by atoms with Gasteiger partial charge in [-0.2, -0.15) is 18.3 Å². The molecule has 2 aromatic heterocycles. The summed E-state index contributed by atoms with van der Waals surface area (Å²) in [6, 6.07) is 7.03. The number of nitrogens with one attached hydrogen (secondary N) is 1. The number of ether oxygens (including phenoxy) is 1. The number of benzene rings is 1. The van der Waals surface area contributed by atoms with Gasteiger partial charge in [-0.3, -0.25) is 9.48 Å². The molecule has 1 spiro atoms. The zero-order valence-corrected chi connectivity index (χ0v) is 25.3. The number of anilines is 1. The molecule has 2 aliphatic carbocycles. The molecule has 0 unspecified atom stereocenters. The zero-order chi connectivity index (χ0) is 30.9. The summed E-state index contributed by atoms with van der Waals surface area (Å²) in [5.41, 5.74) is 0.209. The monoisotopic (exact) mass is 613 g/mol. The van der Waals surface area contributed by atoms with Gasteiger partial charge in [-0.05, 0) is 113 Å². The van der Waals surface area contributed by atoms with Gasteiger partial charge in [0.25, 0.3) is 5.91 Å². The fraction of sp³-hybridized carbons (Fsp3) is 0.606. The van der Waals surface area contributed by atoms with Crippen LogP contribution in [0.25, 0.3) is 10.9 Å². The number of aliphatic hydroxyl groups is 1. The van der Waals surface area contributed by atoms with E-state index in [1.807, 2.05) is 10.9 Å². The van der Waals surface area contributed by atoms with Gasteiger partial charge in [0.1, 0.15) is 17.1 Å². The van der Waals surface area contributed by atoms with E-state index in [1.165, 1.54) is 77.8 Å². The molecular formula is C33H42F3N5O3. The molecule has 238 valence electrons. The van der Waals surface area contributed by atoms with Crippen molar-refractivity contribution in [1.29, 1.82) is 0 Å². The van der Waals surface area contributed by atoms with Crippen LogP contribution in [0.2, 0.25) is 0 Å². The second-order valence-corrected chi connectivity index (χ2v) is 13.2. The minimum absolute atomic E-state index is 0.299. The number of methoxy groups -OCH3 is 1. The summed E-state index contributed by atoms with van der Waals surface area (Å²) in [5.74, 6) is 1.15. The Morgan fingerprint density at radius 3 is 2.55 bits per heavy atom. The van der Waals surface area contributed by atoms with Crippen LogP contribution in [-0.4, -0.2) is 64.0 Å². The van der Waals surface area contributed by atoms with Crippen molar-refractivity contribution in [2.75, 3.05) is 38.7 Å². The predicted octanol–water partition coefficient (Wildman–Crippen LogP) is 6.71. The maximum Gasteiger partial charge on any atom is 0.433 e. The summed E-state index contributed by atoms with van der Waals surface area (Å²) < 4.78 is 46.7. The van der Waals surface area contributed by atoms with Crippen molar-refractivity contribution in [3.63, 3.8) is 0 Å². The number of aliphatic hydroxyl groups excluding tert-OH is 1. The van der Waals surface area contributed by atoms with Crippen LogP contribution in [0.15, 0.2) is 36.5 Å². The SMILES string of the molecule is COc1cc2nn(C3CCC(CN4CCC5(CC4)CC(CCCO)C5)CC3)cc2cc1NC(=O)c1cccc(C(F)(F)F)n1. The van der Waals surface area contributed by atoms with Crippen LogP contribution in [0.1, 0.15) is 86.4 Å². The Hall–Kier alpha value is -3.18. The van der Waals surface area contributed by atoms with Crippen molar-refractivity contribution in [2.24, 2.45) is 17.3 Å². The number of carbonyl (C=O) groups is 1. The topological polar surface area (TPSA) is 92.5 Å². The summed E-state index contributed by atoms with van der Waals surface area (Å²) in [7, 11) is 1.47. The Balaban J connectivity index is 1.03. The number of piperidine rings is 1. The number of nitrogens with zero attached hydrogens (tertiary/aromatic N) is 4. The van der Waals surface area contributed by atoms with E-state index >= 15 is 0 Å². The van der Waals surface area contributed by atoms with Crippen molar-refractivity contribution in [1.82, 2.24) is 19.7 Å². The van der Waals surface area contributed by atoms with E-state index in [4.69, 9.17) is 14.9 Å². The molecular weight excluding hydrogens is 571 g/mol. The number of hydrogen-bond acceptors (Lipinski definition) is 6. The van der Waals surface area contributed by atoms with E-state index in [0.717, 1.165) is 48.2 Å². The second-order valence-electron chi connectivity index (χ2n) is 13.2. The summed E-state index contributed by atoms with van der Waals surface area (Å²) >= 11 is 0. The smallest absolute Gasteiger partial charge is 0.433 e. The average Bonchev–Trinajstić information content (AvgIpc) is 3.42. The third-order valence-electron chi connectivity index (χ3n) is 10.2. The molecule has 44 heavy (non-hydrogen) atoms. The van der Waals surface area contributed by atoms with Crippen molar-refractivity contribution in [2.45, 2.75) is 76.4 Å². The molecule has 11 heteroatoms. The molecule has 2 N–H and O–H groups in total. The molecule has 3 fully saturated rings. The molecule has 2 saturated carbocycles. The minimum atomic E-state index is -4.64. The fourth-order valence-corrected chi connectivity index (χ4v) is 7.75. The zero-order valence-electron chi connectivity index (χ0n) is 25.3. The van der Waals surface area contributed by atoms with Gasteiger partial charge < -0.3 is 20.1 Å². The Morgan fingerprint density at radius 1 is 1.11 bits per heavy atom. The lowest BCUT2D eigenvalue weighted by Crippen LogP contribution is -2.48. The maximum atomic E-state index is 13.1. The molecule has 6 rings (SSSR count). The first-order valence-electron chi connectivity index (χ1n) is 15.9. The average molecular weight is 614 g/mol. The standard InChI is InChI=1S/C33H42F3N5O3/c1-44-29-17-27-24(16-28(29)38-31(43)26-5-2-6-30(37-26)33(34,35)36)21-41(39-27)25-9-7-22(8-10-25)20-40-13-11-32(12-14-40)18-23(19-32)4-3-15-42/h2,5-6,16-17,21-23,25,42H,3-4,7-15,18-20H2,1H3,(H,38,43). The highest BCUT2D eigenvalue weighted by molar-refractivity contribution is 6.05. The summed E-state index contributed by atoms with van der Waals surface area (Å²) in [4.78, 5) is 19.0. The third-order valence-corrected chi connectivity index (χ3v) is 10.2. The van der Waals surface area contributed by atoms with Gasteiger partial charge in [0.2, 0.25) is 0 Å². The van der Waals surface area contributed by atoms with Gasteiger partial charge in [-0.1, -0.05) is 6.07 Å². The first-order chi connectivity index (χ1) is 21.1. The summed E-state index contributed by atoms with van der Waals surface area (Å²) in [6.45, 7) is 3.92. The number of rotatable bonds is 9. The molecule has 1 amide bonds. The van der Waals surface area contributed by atoms with Crippen LogP contribution in [0.4, 0.5) is 18.9 Å². The van der Waals surface area contributed by atoms with Gasteiger partial charge >= 0.3 is 6.18 Å². The summed E-state index contributed by atoms with van der Waals surface area (Å²) in [5, 5.41) is 17.4. The number of halogens is 3.